The number of para-hydroxylation sites is 2. The minimum atomic E-state index is -0.505. The highest BCUT2D eigenvalue weighted by Gasteiger charge is 2.07. The van der Waals surface area contributed by atoms with Gasteiger partial charge in [0.2, 0.25) is 0 Å². The minimum Gasteiger partial charge on any atom is -0.393 e. The molecule has 8 heteroatoms. The van der Waals surface area contributed by atoms with Crippen molar-refractivity contribution in [3.8, 4) is 0 Å². The lowest BCUT2D eigenvalue weighted by Crippen LogP contribution is -1.93. The standard InChI is InChI=1S/C6H6N2O2.C2H3N3S/c7-5-3-1-2-4-6(5)8(9)10;6-2-3-1-4-5-2/h1-4H,7H2;1H,(H2,3,4,5,6). The Kier molecular flexibility index (Phi) is 4.28. The van der Waals surface area contributed by atoms with Gasteiger partial charge in [-0.05, 0) is 6.07 Å². The highest BCUT2D eigenvalue weighted by atomic mass is 32.1. The van der Waals surface area contributed by atoms with Crippen LogP contribution in [0.3, 0.4) is 0 Å². The third kappa shape index (κ3) is 3.58. The predicted octanol–water partition coefficient (Wildman–Crippen LogP) is 1.27. The highest BCUT2D eigenvalue weighted by molar-refractivity contribution is 7.80. The van der Waals surface area contributed by atoms with Crippen molar-refractivity contribution in [1.82, 2.24) is 15.2 Å². The van der Waals surface area contributed by atoms with Crippen LogP contribution >= 0.6 is 12.6 Å². The molecule has 0 spiro atoms. The van der Waals surface area contributed by atoms with Crippen molar-refractivity contribution in [2.45, 2.75) is 5.16 Å². The first-order valence-corrected chi connectivity index (χ1v) is 4.60. The Morgan fingerprint density at radius 1 is 1.44 bits per heavy atom. The number of thiol groups is 1. The molecule has 0 atom stereocenters. The van der Waals surface area contributed by atoms with Crippen LogP contribution in [0.15, 0.2) is 35.7 Å². The average molecular weight is 239 g/mol. The van der Waals surface area contributed by atoms with E-state index < -0.39 is 4.92 Å². The number of nitro benzene ring substituents is 1. The van der Waals surface area contributed by atoms with Crippen LogP contribution in [0.4, 0.5) is 11.4 Å². The quantitative estimate of drug-likeness (QED) is 0.300. The molecule has 0 amide bonds. The van der Waals surface area contributed by atoms with Crippen LogP contribution in [0.2, 0.25) is 0 Å². The summed E-state index contributed by atoms with van der Waals surface area (Å²) >= 11 is 3.81. The third-order valence-electron chi connectivity index (χ3n) is 1.54. The van der Waals surface area contributed by atoms with Crippen molar-refractivity contribution in [2.24, 2.45) is 0 Å². The molecule has 0 aliphatic rings. The van der Waals surface area contributed by atoms with Crippen LogP contribution < -0.4 is 5.73 Å². The van der Waals surface area contributed by atoms with Gasteiger partial charge >= 0.3 is 0 Å². The zero-order chi connectivity index (χ0) is 12.0. The smallest absolute Gasteiger partial charge is 0.292 e. The SMILES string of the molecule is Nc1ccccc1[N+](=O)[O-].Sc1nnc[nH]1. The fraction of sp³-hybridized carbons (Fsp3) is 0. The van der Waals surface area contributed by atoms with Crippen molar-refractivity contribution in [2.75, 3.05) is 5.73 Å². The molecule has 0 aliphatic heterocycles. The van der Waals surface area contributed by atoms with E-state index in [1.165, 1.54) is 18.5 Å². The summed E-state index contributed by atoms with van der Waals surface area (Å²) in [6.07, 6.45) is 1.47. The van der Waals surface area contributed by atoms with Crippen LogP contribution in [0, 0.1) is 10.1 Å². The summed E-state index contributed by atoms with van der Waals surface area (Å²) in [6, 6.07) is 6.10. The number of nitrogens with two attached hydrogens (primary N) is 1. The molecule has 7 nitrogen and oxygen atoms in total. The van der Waals surface area contributed by atoms with E-state index in [0.717, 1.165) is 0 Å². The van der Waals surface area contributed by atoms with E-state index in [0.29, 0.717) is 5.16 Å². The van der Waals surface area contributed by atoms with Crippen LogP contribution in [0.1, 0.15) is 0 Å². The summed E-state index contributed by atoms with van der Waals surface area (Å²) in [5.41, 5.74) is 5.44. The van der Waals surface area contributed by atoms with E-state index in [9.17, 15) is 10.1 Å². The molecule has 1 aromatic heterocycles. The number of nitrogens with zero attached hydrogens (tertiary/aromatic N) is 3. The summed E-state index contributed by atoms with van der Waals surface area (Å²) < 4.78 is 0. The molecule has 1 heterocycles. The van der Waals surface area contributed by atoms with Gasteiger partial charge < -0.3 is 10.7 Å². The van der Waals surface area contributed by atoms with Gasteiger partial charge in [0.15, 0.2) is 5.16 Å². The van der Waals surface area contributed by atoms with E-state index in [1.54, 1.807) is 12.1 Å². The van der Waals surface area contributed by atoms with Crippen molar-refractivity contribution in [1.29, 1.82) is 0 Å². The largest absolute Gasteiger partial charge is 0.393 e. The number of nitrogen functional groups attached to an aromatic ring is 1. The fourth-order valence-corrected chi connectivity index (χ4v) is 0.962. The maximum atomic E-state index is 10.1. The molecule has 0 bridgehead atoms. The number of rotatable bonds is 1. The number of hydrogen-bond donors (Lipinski definition) is 3. The van der Waals surface area contributed by atoms with E-state index in [1.807, 2.05) is 0 Å². The normalized spacial score (nSPS) is 9.06. The first-order valence-electron chi connectivity index (χ1n) is 4.15. The molecule has 1 aromatic carbocycles. The van der Waals surface area contributed by atoms with Gasteiger partial charge in [-0.25, -0.2) is 0 Å². The van der Waals surface area contributed by atoms with E-state index in [2.05, 4.69) is 27.8 Å². The monoisotopic (exact) mass is 239 g/mol. The highest BCUT2D eigenvalue weighted by Crippen LogP contribution is 2.18. The zero-order valence-corrected chi connectivity index (χ0v) is 8.96. The number of aromatic amines is 1. The molecule has 3 N–H and O–H groups in total. The summed E-state index contributed by atoms with van der Waals surface area (Å²) in [5, 5.41) is 17.6. The molecular weight excluding hydrogens is 230 g/mol. The fourth-order valence-electron chi connectivity index (χ4n) is 0.853. The molecule has 0 saturated carbocycles. The van der Waals surface area contributed by atoms with E-state index >= 15 is 0 Å². The predicted molar refractivity (Wildman–Crippen MR) is 61.1 cm³/mol. The first-order chi connectivity index (χ1) is 7.61. The Hall–Kier alpha value is -2.09. The second-order valence-corrected chi connectivity index (χ2v) is 3.05. The Morgan fingerprint density at radius 3 is 2.44 bits per heavy atom. The Balaban J connectivity index is 0.000000181. The number of aromatic nitrogens is 3. The molecule has 0 saturated heterocycles. The second kappa shape index (κ2) is 5.71. The minimum absolute atomic E-state index is 0.0394. The maximum Gasteiger partial charge on any atom is 0.292 e. The number of H-pyrrole nitrogens is 1. The Morgan fingerprint density at radius 2 is 2.12 bits per heavy atom. The average Bonchev–Trinajstić information content (AvgIpc) is 2.70. The molecule has 16 heavy (non-hydrogen) atoms. The maximum absolute atomic E-state index is 10.1. The zero-order valence-electron chi connectivity index (χ0n) is 8.07. The van der Waals surface area contributed by atoms with Gasteiger partial charge in [0.25, 0.3) is 5.69 Å². The second-order valence-electron chi connectivity index (χ2n) is 2.63. The Bertz CT molecular complexity index is 459. The van der Waals surface area contributed by atoms with E-state index in [-0.39, 0.29) is 11.4 Å². The number of nitrogens with one attached hydrogen (secondary N) is 1. The van der Waals surface area contributed by atoms with Crippen LogP contribution in [-0.4, -0.2) is 20.1 Å². The Labute approximate surface area is 96.3 Å². The summed E-state index contributed by atoms with van der Waals surface area (Å²) in [5.74, 6) is 0. The number of hydrogen-bond acceptors (Lipinski definition) is 6. The van der Waals surface area contributed by atoms with Gasteiger partial charge in [0.1, 0.15) is 12.0 Å². The van der Waals surface area contributed by atoms with Gasteiger partial charge in [-0.2, -0.15) is 0 Å². The molecular formula is C8H9N5O2S. The van der Waals surface area contributed by atoms with E-state index in [4.69, 9.17) is 5.73 Å². The summed E-state index contributed by atoms with van der Waals surface area (Å²) in [7, 11) is 0. The van der Waals surface area contributed by atoms with Crippen LogP contribution in [0.25, 0.3) is 0 Å². The molecule has 0 unspecified atom stereocenters. The topological polar surface area (TPSA) is 111 Å². The number of nitro groups is 1. The molecule has 0 fully saturated rings. The van der Waals surface area contributed by atoms with Crippen LogP contribution in [0.5, 0.6) is 0 Å². The van der Waals surface area contributed by atoms with Crippen molar-refractivity contribution in [3.05, 3.63) is 40.7 Å². The van der Waals surface area contributed by atoms with Crippen LogP contribution in [-0.2, 0) is 0 Å². The van der Waals surface area contributed by atoms with Gasteiger partial charge in [-0.3, -0.25) is 10.1 Å². The van der Waals surface area contributed by atoms with Gasteiger partial charge in [0, 0.05) is 6.07 Å². The lowest BCUT2D eigenvalue weighted by atomic mass is 10.3. The molecule has 2 rings (SSSR count). The number of benzene rings is 1. The van der Waals surface area contributed by atoms with Gasteiger partial charge in [-0.1, -0.05) is 12.1 Å². The third-order valence-corrected chi connectivity index (χ3v) is 1.76. The van der Waals surface area contributed by atoms with Gasteiger partial charge in [-0.15, -0.1) is 22.8 Å². The molecule has 84 valence electrons. The van der Waals surface area contributed by atoms with Gasteiger partial charge in [0.05, 0.1) is 4.92 Å². The molecule has 0 radical (unpaired) electrons. The lowest BCUT2D eigenvalue weighted by Gasteiger charge is -1.92. The lowest BCUT2D eigenvalue weighted by molar-refractivity contribution is -0.383. The van der Waals surface area contributed by atoms with Crippen molar-refractivity contribution in [3.63, 3.8) is 0 Å². The van der Waals surface area contributed by atoms with Crippen molar-refractivity contribution >= 4 is 24.0 Å². The number of anilines is 1. The summed E-state index contributed by atoms with van der Waals surface area (Å²) in [6.45, 7) is 0. The van der Waals surface area contributed by atoms with Crippen molar-refractivity contribution < 1.29 is 4.92 Å². The first kappa shape index (κ1) is 12.0. The molecule has 2 aromatic rings. The summed E-state index contributed by atoms with van der Waals surface area (Å²) in [4.78, 5) is 12.3. The molecule has 0 aliphatic carbocycles.